The fourth-order valence-corrected chi connectivity index (χ4v) is 3.33. The zero-order valence-corrected chi connectivity index (χ0v) is 17.0. The van der Waals surface area contributed by atoms with Gasteiger partial charge in [-0.3, -0.25) is 9.69 Å². The van der Waals surface area contributed by atoms with Gasteiger partial charge in [0, 0.05) is 43.8 Å². The molecule has 2 aromatic rings. The Morgan fingerprint density at radius 1 is 1.00 bits per heavy atom. The minimum absolute atomic E-state index is 0.0286. The molecule has 5 nitrogen and oxygen atoms in total. The van der Waals surface area contributed by atoms with Crippen molar-refractivity contribution in [1.82, 2.24) is 9.80 Å². The van der Waals surface area contributed by atoms with E-state index in [9.17, 15) is 4.79 Å². The summed E-state index contributed by atoms with van der Waals surface area (Å²) in [4.78, 5) is 16.7. The molecule has 0 spiro atoms. The second-order valence-electron chi connectivity index (χ2n) is 6.68. The molecule has 0 N–H and O–H groups in total. The number of benzene rings is 2. The maximum atomic E-state index is 12.5. The minimum atomic E-state index is 0.0286. The van der Waals surface area contributed by atoms with Crippen LogP contribution in [0.25, 0.3) is 6.08 Å². The molecule has 0 atom stereocenters. The quantitative estimate of drug-likeness (QED) is 0.693. The van der Waals surface area contributed by atoms with Crippen LogP contribution in [0.15, 0.2) is 48.5 Å². The Labute approximate surface area is 171 Å². The van der Waals surface area contributed by atoms with Crippen LogP contribution in [0, 0.1) is 0 Å². The van der Waals surface area contributed by atoms with Crippen molar-refractivity contribution in [3.05, 3.63) is 64.7 Å². The molecule has 0 aromatic heterocycles. The van der Waals surface area contributed by atoms with Crippen molar-refractivity contribution in [1.29, 1.82) is 0 Å². The molecule has 2 aromatic carbocycles. The minimum Gasteiger partial charge on any atom is -0.493 e. The third-order valence-corrected chi connectivity index (χ3v) is 5.08. The summed E-state index contributed by atoms with van der Waals surface area (Å²) >= 11 is 5.94. The molecule has 6 heteroatoms. The highest BCUT2D eigenvalue weighted by Crippen LogP contribution is 2.28. The van der Waals surface area contributed by atoms with E-state index in [0.29, 0.717) is 11.5 Å². The lowest BCUT2D eigenvalue weighted by atomic mass is 10.1. The molecule has 1 aliphatic rings. The smallest absolute Gasteiger partial charge is 0.246 e. The van der Waals surface area contributed by atoms with Gasteiger partial charge in [-0.2, -0.15) is 0 Å². The second-order valence-corrected chi connectivity index (χ2v) is 7.11. The number of piperazine rings is 1. The van der Waals surface area contributed by atoms with Crippen LogP contribution in [-0.4, -0.2) is 56.1 Å². The van der Waals surface area contributed by atoms with Crippen LogP contribution in [0.5, 0.6) is 11.5 Å². The third-order valence-electron chi connectivity index (χ3n) is 4.83. The fraction of sp³-hybridized carbons (Fsp3) is 0.318. The van der Waals surface area contributed by atoms with Crippen LogP contribution in [0.1, 0.15) is 11.1 Å². The number of hydrogen-bond acceptors (Lipinski definition) is 4. The Hall–Kier alpha value is -2.50. The van der Waals surface area contributed by atoms with Gasteiger partial charge in [0.1, 0.15) is 0 Å². The summed E-state index contributed by atoms with van der Waals surface area (Å²) < 4.78 is 10.5. The zero-order chi connectivity index (χ0) is 19.9. The molecule has 148 valence electrons. The van der Waals surface area contributed by atoms with Gasteiger partial charge in [0.05, 0.1) is 14.2 Å². The molecule has 1 aliphatic heterocycles. The van der Waals surface area contributed by atoms with Gasteiger partial charge in [-0.1, -0.05) is 29.8 Å². The summed E-state index contributed by atoms with van der Waals surface area (Å²) in [5.74, 6) is 1.34. The van der Waals surface area contributed by atoms with E-state index >= 15 is 0 Å². The first kappa shape index (κ1) is 20.2. The highest BCUT2D eigenvalue weighted by Gasteiger charge is 2.19. The van der Waals surface area contributed by atoms with Gasteiger partial charge in [-0.05, 0) is 41.5 Å². The number of rotatable bonds is 6. The highest BCUT2D eigenvalue weighted by atomic mass is 35.5. The van der Waals surface area contributed by atoms with E-state index in [0.717, 1.165) is 43.3 Å². The lowest BCUT2D eigenvalue weighted by Gasteiger charge is -2.34. The lowest BCUT2D eigenvalue weighted by molar-refractivity contribution is -0.127. The van der Waals surface area contributed by atoms with Crippen LogP contribution in [0.2, 0.25) is 5.02 Å². The summed E-state index contributed by atoms with van der Waals surface area (Å²) in [6, 6.07) is 13.5. The Morgan fingerprint density at radius 2 is 1.68 bits per heavy atom. The van der Waals surface area contributed by atoms with Crippen LogP contribution in [0.4, 0.5) is 0 Å². The van der Waals surface area contributed by atoms with Crippen molar-refractivity contribution in [2.45, 2.75) is 6.54 Å². The SMILES string of the molecule is COc1ccc(/C=C/C(=O)N2CCN(Cc3ccc(Cl)cc3)CC2)cc1OC. The van der Waals surface area contributed by atoms with Gasteiger partial charge in [0.15, 0.2) is 11.5 Å². The third kappa shape index (κ3) is 5.27. The van der Waals surface area contributed by atoms with Crippen LogP contribution in [-0.2, 0) is 11.3 Å². The Bertz CT molecular complexity index is 828. The summed E-state index contributed by atoms with van der Waals surface area (Å²) in [6.07, 6.45) is 3.43. The van der Waals surface area contributed by atoms with E-state index in [-0.39, 0.29) is 5.91 Å². The standard InChI is InChI=1S/C22H25ClN2O3/c1-27-20-9-5-17(15-21(20)28-2)6-10-22(26)25-13-11-24(12-14-25)16-18-3-7-19(23)8-4-18/h3-10,15H,11-14,16H2,1-2H3/b10-6+. The van der Waals surface area contributed by atoms with Crippen molar-refractivity contribution in [3.8, 4) is 11.5 Å². The average Bonchev–Trinajstić information content (AvgIpc) is 2.74. The topological polar surface area (TPSA) is 42.0 Å². The molecule has 1 saturated heterocycles. The monoisotopic (exact) mass is 400 g/mol. The number of amides is 1. The van der Waals surface area contributed by atoms with E-state index in [2.05, 4.69) is 4.90 Å². The van der Waals surface area contributed by atoms with Crippen molar-refractivity contribution >= 4 is 23.6 Å². The van der Waals surface area contributed by atoms with Gasteiger partial charge in [-0.25, -0.2) is 0 Å². The van der Waals surface area contributed by atoms with Crippen LogP contribution in [0.3, 0.4) is 0 Å². The van der Waals surface area contributed by atoms with Gasteiger partial charge in [-0.15, -0.1) is 0 Å². The number of nitrogens with zero attached hydrogens (tertiary/aromatic N) is 2. The molecular weight excluding hydrogens is 376 g/mol. The molecule has 0 aliphatic carbocycles. The molecule has 1 amide bonds. The predicted molar refractivity (Wildman–Crippen MR) is 112 cm³/mol. The van der Waals surface area contributed by atoms with Crippen molar-refractivity contribution in [2.75, 3.05) is 40.4 Å². The molecule has 28 heavy (non-hydrogen) atoms. The van der Waals surface area contributed by atoms with E-state index in [4.69, 9.17) is 21.1 Å². The number of ether oxygens (including phenoxy) is 2. The fourth-order valence-electron chi connectivity index (χ4n) is 3.20. The molecule has 0 radical (unpaired) electrons. The molecule has 0 unspecified atom stereocenters. The van der Waals surface area contributed by atoms with Gasteiger partial charge >= 0.3 is 0 Å². The first-order valence-electron chi connectivity index (χ1n) is 9.25. The van der Waals surface area contributed by atoms with Crippen LogP contribution < -0.4 is 9.47 Å². The van der Waals surface area contributed by atoms with E-state index in [1.54, 1.807) is 20.3 Å². The second kappa shape index (κ2) is 9.62. The average molecular weight is 401 g/mol. The summed E-state index contributed by atoms with van der Waals surface area (Å²) in [7, 11) is 3.20. The Kier molecular flexibility index (Phi) is 6.95. The number of halogens is 1. The lowest BCUT2D eigenvalue weighted by Crippen LogP contribution is -2.47. The van der Waals surface area contributed by atoms with Gasteiger partial charge in [0.2, 0.25) is 5.91 Å². The first-order chi connectivity index (χ1) is 13.6. The molecule has 1 fully saturated rings. The van der Waals surface area contributed by atoms with Gasteiger partial charge in [0.25, 0.3) is 0 Å². The van der Waals surface area contributed by atoms with Crippen molar-refractivity contribution in [2.24, 2.45) is 0 Å². The van der Waals surface area contributed by atoms with Crippen LogP contribution >= 0.6 is 11.6 Å². The molecule has 1 heterocycles. The Balaban J connectivity index is 1.52. The molecular formula is C22H25ClN2O3. The number of hydrogen-bond donors (Lipinski definition) is 0. The molecule has 0 saturated carbocycles. The molecule has 3 rings (SSSR count). The first-order valence-corrected chi connectivity index (χ1v) is 9.62. The van der Waals surface area contributed by atoms with Gasteiger partial charge < -0.3 is 14.4 Å². The Morgan fingerprint density at radius 3 is 2.32 bits per heavy atom. The van der Waals surface area contributed by atoms with E-state index < -0.39 is 0 Å². The number of carbonyl (C=O) groups is 1. The summed E-state index contributed by atoms with van der Waals surface area (Å²) in [6.45, 7) is 4.04. The number of methoxy groups -OCH3 is 2. The molecule has 0 bridgehead atoms. The van der Waals surface area contributed by atoms with Crippen molar-refractivity contribution < 1.29 is 14.3 Å². The normalized spacial score (nSPS) is 15.0. The van der Waals surface area contributed by atoms with E-state index in [1.165, 1.54) is 5.56 Å². The summed E-state index contributed by atoms with van der Waals surface area (Å²) in [5, 5.41) is 0.750. The maximum absolute atomic E-state index is 12.5. The summed E-state index contributed by atoms with van der Waals surface area (Å²) in [5.41, 5.74) is 2.13. The van der Waals surface area contributed by atoms with E-state index in [1.807, 2.05) is 53.4 Å². The zero-order valence-electron chi connectivity index (χ0n) is 16.2. The maximum Gasteiger partial charge on any atom is 0.246 e. The largest absolute Gasteiger partial charge is 0.493 e. The highest BCUT2D eigenvalue weighted by molar-refractivity contribution is 6.30. The predicted octanol–water partition coefficient (Wildman–Crippen LogP) is 3.71. The van der Waals surface area contributed by atoms with Crippen molar-refractivity contribution in [3.63, 3.8) is 0 Å². The number of carbonyl (C=O) groups excluding carboxylic acids is 1.